The molecule has 0 spiro atoms. The first-order chi connectivity index (χ1) is 12.5. The average Bonchev–Trinajstić information content (AvgIpc) is 2.63. The van der Waals surface area contributed by atoms with Gasteiger partial charge < -0.3 is 4.90 Å². The van der Waals surface area contributed by atoms with E-state index >= 15 is 0 Å². The standard InChI is InChI=1S/C20H24N2O3S/c1-2-6-16-10-12-19(13-11-16)26(24,25)21-17-7-5-8-18(15-17)22-14-4-3-9-20(22)23/h5,7-8,10-13,15,21H,2-4,6,9,14H2,1H3. The van der Waals surface area contributed by atoms with E-state index in [4.69, 9.17) is 0 Å². The number of nitrogens with one attached hydrogen (secondary N) is 1. The summed E-state index contributed by atoms with van der Waals surface area (Å²) in [5.41, 5.74) is 2.31. The highest BCUT2D eigenvalue weighted by Crippen LogP contribution is 2.25. The van der Waals surface area contributed by atoms with Crippen LogP contribution in [-0.2, 0) is 21.2 Å². The van der Waals surface area contributed by atoms with Gasteiger partial charge >= 0.3 is 0 Å². The molecule has 2 aromatic rings. The molecular weight excluding hydrogens is 348 g/mol. The first-order valence-corrected chi connectivity index (χ1v) is 10.5. The second-order valence-electron chi connectivity index (χ2n) is 6.55. The Hall–Kier alpha value is -2.34. The van der Waals surface area contributed by atoms with Crippen LogP contribution < -0.4 is 9.62 Å². The number of nitrogens with zero attached hydrogens (tertiary/aromatic N) is 1. The van der Waals surface area contributed by atoms with Gasteiger partial charge in [0.05, 0.1) is 10.6 Å². The molecule has 1 N–H and O–H groups in total. The third-order valence-corrected chi connectivity index (χ3v) is 5.90. The molecule has 1 fully saturated rings. The third kappa shape index (κ3) is 4.25. The summed E-state index contributed by atoms with van der Waals surface area (Å²) in [7, 11) is -3.66. The van der Waals surface area contributed by atoms with Crippen LogP contribution in [0.2, 0.25) is 0 Å². The Morgan fingerprint density at radius 1 is 1.08 bits per heavy atom. The summed E-state index contributed by atoms with van der Waals surface area (Å²) < 4.78 is 27.9. The number of piperidine rings is 1. The van der Waals surface area contributed by atoms with Crippen LogP contribution in [0.4, 0.5) is 11.4 Å². The summed E-state index contributed by atoms with van der Waals surface area (Å²) in [5, 5.41) is 0. The predicted octanol–water partition coefficient (Wildman–Crippen LogP) is 3.96. The molecule has 0 saturated carbocycles. The molecule has 0 atom stereocenters. The number of benzene rings is 2. The molecule has 2 aromatic carbocycles. The van der Waals surface area contributed by atoms with Gasteiger partial charge in [-0.1, -0.05) is 31.5 Å². The summed E-state index contributed by atoms with van der Waals surface area (Å²) in [6.45, 7) is 2.76. The predicted molar refractivity (Wildman–Crippen MR) is 104 cm³/mol. The Morgan fingerprint density at radius 2 is 1.85 bits per heavy atom. The second-order valence-corrected chi connectivity index (χ2v) is 8.23. The topological polar surface area (TPSA) is 66.5 Å². The van der Waals surface area contributed by atoms with Crippen LogP contribution in [-0.4, -0.2) is 20.9 Å². The van der Waals surface area contributed by atoms with E-state index in [1.807, 2.05) is 18.2 Å². The quantitative estimate of drug-likeness (QED) is 0.835. The summed E-state index contributed by atoms with van der Waals surface area (Å²) in [5.74, 6) is 0.0859. The number of sulfonamides is 1. The molecule has 1 aliphatic heterocycles. The lowest BCUT2D eigenvalue weighted by atomic mass is 10.1. The van der Waals surface area contributed by atoms with Crippen molar-refractivity contribution >= 4 is 27.3 Å². The maximum atomic E-state index is 12.6. The summed E-state index contributed by atoms with van der Waals surface area (Å²) >= 11 is 0. The maximum Gasteiger partial charge on any atom is 0.261 e. The number of aryl methyl sites for hydroxylation is 1. The van der Waals surface area contributed by atoms with Gasteiger partial charge in [0.2, 0.25) is 5.91 Å². The van der Waals surface area contributed by atoms with Crippen LogP contribution >= 0.6 is 0 Å². The van der Waals surface area contributed by atoms with Gasteiger partial charge in [0, 0.05) is 18.7 Å². The molecule has 0 aliphatic carbocycles. The van der Waals surface area contributed by atoms with Gasteiger partial charge in [0.1, 0.15) is 0 Å². The van der Waals surface area contributed by atoms with E-state index in [2.05, 4.69) is 11.6 Å². The van der Waals surface area contributed by atoms with Crippen molar-refractivity contribution in [3.8, 4) is 0 Å². The van der Waals surface area contributed by atoms with Gasteiger partial charge in [-0.05, 0) is 55.2 Å². The van der Waals surface area contributed by atoms with Gasteiger partial charge in [-0.25, -0.2) is 8.42 Å². The van der Waals surface area contributed by atoms with Gasteiger partial charge in [0.25, 0.3) is 10.0 Å². The molecule has 3 rings (SSSR count). The van der Waals surface area contributed by atoms with Crippen LogP contribution in [0.1, 0.15) is 38.2 Å². The largest absolute Gasteiger partial charge is 0.312 e. The molecule has 6 heteroatoms. The highest BCUT2D eigenvalue weighted by Gasteiger charge is 2.20. The highest BCUT2D eigenvalue weighted by atomic mass is 32.2. The van der Waals surface area contributed by atoms with E-state index in [1.54, 1.807) is 35.2 Å². The average molecular weight is 372 g/mol. The summed E-state index contributed by atoms with van der Waals surface area (Å²) in [4.78, 5) is 14.0. The van der Waals surface area contributed by atoms with Crippen molar-refractivity contribution in [2.24, 2.45) is 0 Å². The Morgan fingerprint density at radius 3 is 2.54 bits per heavy atom. The minimum absolute atomic E-state index is 0.0859. The van der Waals surface area contributed by atoms with E-state index in [9.17, 15) is 13.2 Å². The first kappa shape index (κ1) is 18.5. The minimum Gasteiger partial charge on any atom is -0.312 e. The van der Waals surface area contributed by atoms with Gasteiger partial charge in [-0.15, -0.1) is 0 Å². The highest BCUT2D eigenvalue weighted by molar-refractivity contribution is 7.92. The first-order valence-electron chi connectivity index (χ1n) is 9.02. The molecule has 0 aromatic heterocycles. The molecule has 0 radical (unpaired) electrons. The third-order valence-electron chi connectivity index (χ3n) is 4.51. The fourth-order valence-corrected chi connectivity index (χ4v) is 4.20. The van der Waals surface area contributed by atoms with Gasteiger partial charge in [-0.2, -0.15) is 0 Å². The van der Waals surface area contributed by atoms with Crippen molar-refractivity contribution < 1.29 is 13.2 Å². The lowest BCUT2D eigenvalue weighted by molar-refractivity contribution is -0.119. The number of anilines is 2. The number of hydrogen-bond acceptors (Lipinski definition) is 3. The minimum atomic E-state index is -3.66. The molecule has 1 amide bonds. The lowest BCUT2D eigenvalue weighted by Gasteiger charge is -2.27. The van der Waals surface area contributed by atoms with Crippen molar-refractivity contribution in [3.05, 3.63) is 54.1 Å². The molecule has 1 saturated heterocycles. The number of carbonyl (C=O) groups excluding carboxylic acids is 1. The SMILES string of the molecule is CCCc1ccc(S(=O)(=O)Nc2cccc(N3CCCCC3=O)c2)cc1. The molecule has 5 nitrogen and oxygen atoms in total. The Bertz CT molecular complexity index is 876. The van der Waals surface area contributed by atoms with Crippen molar-refractivity contribution in [1.29, 1.82) is 0 Å². The number of hydrogen-bond donors (Lipinski definition) is 1. The molecule has 0 unspecified atom stereocenters. The molecule has 1 heterocycles. The number of carbonyl (C=O) groups is 1. The normalized spacial score (nSPS) is 15.1. The second kappa shape index (κ2) is 7.91. The van der Waals surface area contributed by atoms with E-state index in [1.165, 1.54) is 0 Å². The van der Waals surface area contributed by atoms with Crippen LogP contribution in [0.25, 0.3) is 0 Å². The zero-order chi connectivity index (χ0) is 18.6. The Balaban J connectivity index is 1.79. The number of amides is 1. The molecular formula is C20H24N2O3S. The molecule has 138 valence electrons. The lowest BCUT2D eigenvalue weighted by Crippen LogP contribution is -2.35. The van der Waals surface area contributed by atoms with Crippen molar-refractivity contribution in [2.75, 3.05) is 16.2 Å². The van der Waals surface area contributed by atoms with Crippen molar-refractivity contribution in [2.45, 2.75) is 43.9 Å². The summed E-state index contributed by atoms with van der Waals surface area (Å²) in [6, 6.07) is 14.0. The van der Waals surface area contributed by atoms with E-state index < -0.39 is 10.0 Å². The zero-order valence-electron chi connectivity index (χ0n) is 14.9. The zero-order valence-corrected chi connectivity index (χ0v) is 15.8. The Kier molecular flexibility index (Phi) is 5.61. The summed E-state index contributed by atoms with van der Waals surface area (Å²) in [6.07, 6.45) is 4.37. The fourth-order valence-electron chi connectivity index (χ4n) is 3.15. The number of rotatable bonds is 6. The molecule has 1 aliphatic rings. The van der Waals surface area contributed by atoms with Crippen LogP contribution in [0.3, 0.4) is 0 Å². The van der Waals surface area contributed by atoms with E-state index in [-0.39, 0.29) is 10.8 Å². The van der Waals surface area contributed by atoms with Gasteiger partial charge in [-0.3, -0.25) is 9.52 Å². The van der Waals surface area contributed by atoms with Crippen LogP contribution in [0, 0.1) is 0 Å². The fraction of sp³-hybridized carbons (Fsp3) is 0.350. The van der Waals surface area contributed by atoms with E-state index in [0.29, 0.717) is 18.7 Å². The van der Waals surface area contributed by atoms with Crippen LogP contribution in [0.5, 0.6) is 0 Å². The maximum absolute atomic E-state index is 12.6. The smallest absolute Gasteiger partial charge is 0.261 e. The van der Waals surface area contributed by atoms with Crippen molar-refractivity contribution in [1.82, 2.24) is 0 Å². The monoisotopic (exact) mass is 372 g/mol. The molecule has 0 bridgehead atoms. The van der Waals surface area contributed by atoms with Crippen LogP contribution in [0.15, 0.2) is 53.4 Å². The van der Waals surface area contributed by atoms with Crippen molar-refractivity contribution in [3.63, 3.8) is 0 Å². The molecule has 26 heavy (non-hydrogen) atoms. The Labute approximate surface area is 155 Å². The van der Waals surface area contributed by atoms with E-state index in [0.717, 1.165) is 36.9 Å². The van der Waals surface area contributed by atoms with Gasteiger partial charge in [0.15, 0.2) is 0 Å².